The monoisotopic (exact) mass is 277 g/mol. The molecule has 1 aliphatic carbocycles. The highest BCUT2D eigenvalue weighted by molar-refractivity contribution is 6.00. The van der Waals surface area contributed by atoms with E-state index in [1.54, 1.807) is 0 Å². The molecule has 1 saturated carbocycles. The van der Waals surface area contributed by atoms with E-state index in [1.807, 2.05) is 24.1 Å². The minimum absolute atomic E-state index is 0.144. The van der Waals surface area contributed by atoms with Crippen molar-refractivity contribution >= 4 is 5.91 Å². The molecule has 106 valence electrons. The van der Waals surface area contributed by atoms with Crippen molar-refractivity contribution in [1.82, 2.24) is 4.90 Å². The van der Waals surface area contributed by atoms with Crippen LogP contribution in [0, 0.1) is 0 Å². The van der Waals surface area contributed by atoms with Crippen LogP contribution in [0.2, 0.25) is 0 Å². The summed E-state index contributed by atoms with van der Waals surface area (Å²) in [7, 11) is 1.98. The normalized spacial score (nSPS) is 27.4. The van der Waals surface area contributed by atoms with E-state index in [2.05, 4.69) is 42.5 Å². The van der Waals surface area contributed by atoms with Crippen molar-refractivity contribution in [2.45, 2.75) is 30.7 Å². The molecule has 4 rings (SSSR count). The van der Waals surface area contributed by atoms with E-state index in [9.17, 15) is 4.79 Å². The smallest absolute Gasteiger partial charge is 0.254 e. The molecule has 1 heterocycles. The van der Waals surface area contributed by atoms with E-state index >= 15 is 0 Å². The van der Waals surface area contributed by atoms with Crippen molar-refractivity contribution in [3.05, 3.63) is 71.3 Å². The van der Waals surface area contributed by atoms with E-state index in [0.717, 1.165) is 18.4 Å². The number of hydrogen-bond acceptors (Lipinski definition) is 1. The summed E-state index contributed by atoms with van der Waals surface area (Å²) >= 11 is 0. The second-order valence-corrected chi connectivity index (χ2v) is 6.19. The zero-order valence-electron chi connectivity index (χ0n) is 12.3. The van der Waals surface area contributed by atoms with Gasteiger partial charge in [0.1, 0.15) is 0 Å². The molecule has 0 bridgehead atoms. The summed E-state index contributed by atoms with van der Waals surface area (Å²) in [5.41, 5.74) is 3.33. The van der Waals surface area contributed by atoms with Gasteiger partial charge in [-0.2, -0.15) is 0 Å². The Morgan fingerprint density at radius 2 is 1.76 bits per heavy atom. The Bertz CT molecular complexity index is 694. The van der Waals surface area contributed by atoms with Crippen LogP contribution in [-0.2, 0) is 5.54 Å². The first kappa shape index (κ1) is 12.6. The van der Waals surface area contributed by atoms with Crippen LogP contribution in [0.3, 0.4) is 0 Å². The average molecular weight is 277 g/mol. The zero-order chi connectivity index (χ0) is 14.4. The highest BCUT2D eigenvalue weighted by Crippen LogP contribution is 2.56. The summed E-state index contributed by atoms with van der Waals surface area (Å²) in [6.45, 7) is 0. The summed E-state index contributed by atoms with van der Waals surface area (Å²) in [6, 6.07) is 18.8. The third-order valence-electron chi connectivity index (χ3n) is 5.36. The summed E-state index contributed by atoms with van der Waals surface area (Å²) < 4.78 is 0. The molecule has 2 aromatic carbocycles. The maximum atomic E-state index is 12.7. The molecule has 0 saturated heterocycles. The van der Waals surface area contributed by atoms with Crippen LogP contribution >= 0.6 is 0 Å². The SMILES string of the molecule is CN1C(=O)c2ccccc2C12CCCC2c1ccccc1. The quantitative estimate of drug-likeness (QED) is 0.773. The molecule has 21 heavy (non-hydrogen) atoms. The van der Waals surface area contributed by atoms with Gasteiger partial charge in [0.15, 0.2) is 0 Å². The molecule has 1 aliphatic heterocycles. The standard InChI is InChI=1S/C19H19NO/c1-20-18(21)15-10-5-6-11-17(15)19(20)13-7-12-16(19)14-8-3-2-4-9-14/h2-6,8-11,16H,7,12-13H2,1H3. The van der Waals surface area contributed by atoms with Crippen LogP contribution in [-0.4, -0.2) is 17.9 Å². The number of carbonyl (C=O) groups excluding carboxylic acids is 1. The third-order valence-corrected chi connectivity index (χ3v) is 5.36. The van der Waals surface area contributed by atoms with Gasteiger partial charge in [0, 0.05) is 18.5 Å². The first-order valence-corrected chi connectivity index (χ1v) is 7.68. The summed E-state index contributed by atoms with van der Waals surface area (Å²) in [4.78, 5) is 14.7. The van der Waals surface area contributed by atoms with Crippen LogP contribution < -0.4 is 0 Å². The van der Waals surface area contributed by atoms with Crippen LogP contribution in [0.5, 0.6) is 0 Å². The topological polar surface area (TPSA) is 20.3 Å². The largest absolute Gasteiger partial charge is 0.331 e. The lowest BCUT2D eigenvalue weighted by molar-refractivity contribution is 0.0605. The van der Waals surface area contributed by atoms with Crippen molar-refractivity contribution in [2.75, 3.05) is 7.05 Å². The molecule has 1 amide bonds. The van der Waals surface area contributed by atoms with Crippen LogP contribution in [0.4, 0.5) is 0 Å². The van der Waals surface area contributed by atoms with E-state index < -0.39 is 0 Å². The molecule has 2 nitrogen and oxygen atoms in total. The molecular formula is C19H19NO. The second kappa shape index (κ2) is 4.45. The number of likely N-dealkylation sites (N-methyl/N-ethyl adjacent to an activating group) is 1. The molecule has 2 atom stereocenters. The lowest BCUT2D eigenvalue weighted by Crippen LogP contribution is -2.42. The van der Waals surface area contributed by atoms with Gasteiger partial charge in [0.25, 0.3) is 5.91 Å². The van der Waals surface area contributed by atoms with Gasteiger partial charge in [-0.25, -0.2) is 0 Å². The van der Waals surface area contributed by atoms with E-state index in [4.69, 9.17) is 0 Å². The Morgan fingerprint density at radius 1 is 1.05 bits per heavy atom. The molecule has 1 fully saturated rings. The van der Waals surface area contributed by atoms with Crippen LogP contribution in [0.25, 0.3) is 0 Å². The Hall–Kier alpha value is -2.09. The van der Waals surface area contributed by atoms with Crippen molar-refractivity contribution in [1.29, 1.82) is 0 Å². The zero-order valence-corrected chi connectivity index (χ0v) is 12.3. The van der Waals surface area contributed by atoms with Gasteiger partial charge in [-0.15, -0.1) is 0 Å². The van der Waals surface area contributed by atoms with E-state index in [0.29, 0.717) is 5.92 Å². The van der Waals surface area contributed by atoms with Gasteiger partial charge in [-0.1, -0.05) is 55.0 Å². The van der Waals surface area contributed by atoms with Crippen molar-refractivity contribution in [2.24, 2.45) is 0 Å². The van der Waals surface area contributed by atoms with Crippen molar-refractivity contribution < 1.29 is 4.79 Å². The first-order chi connectivity index (χ1) is 10.2. The molecule has 0 radical (unpaired) electrons. The maximum Gasteiger partial charge on any atom is 0.254 e. The highest BCUT2D eigenvalue weighted by Gasteiger charge is 2.54. The van der Waals surface area contributed by atoms with Gasteiger partial charge in [0.2, 0.25) is 0 Å². The Morgan fingerprint density at radius 3 is 2.57 bits per heavy atom. The lowest BCUT2D eigenvalue weighted by atomic mass is 9.77. The Kier molecular flexibility index (Phi) is 2.68. The highest BCUT2D eigenvalue weighted by atomic mass is 16.2. The number of carbonyl (C=O) groups is 1. The maximum absolute atomic E-state index is 12.7. The van der Waals surface area contributed by atoms with Gasteiger partial charge >= 0.3 is 0 Å². The second-order valence-electron chi connectivity index (χ2n) is 6.19. The molecule has 2 heteroatoms. The van der Waals surface area contributed by atoms with Crippen molar-refractivity contribution in [3.63, 3.8) is 0 Å². The first-order valence-electron chi connectivity index (χ1n) is 7.68. The van der Waals surface area contributed by atoms with Gasteiger partial charge < -0.3 is 4.90 Å². The number of rotatable bonds is 1. The fourth-order valence-electron chi connectivity index (χ4n) is 4.43. The number of nitrogens with zero attached hydrogens (tertiary/aromatic N) is 1. The van der Waals surface area contributed by atoms with Gasteiger partial charge in [0.05, 0.1) is 5.54 Å². The lowest BCUT2D eigenvalue weighted by Gasteiger charge is -2.39. The predicted octanol–water partition coefficient (Wildman–Crippen LogP) is 3.94. The Balaban J connectivity index is 1.92. The van der Waals surface area contributed by atoms with Crippen LogP contribution in [0.15, 0.2) is 54.6 Å². The number of amides is 1. The fraction of sp³-hybridized carbons (Fsp3) is 0.316. The molecule has 2 aliphatic rings. The van der Waals surface area contributed by atoms with Gasteiger partial charge in [-0.05, 0) is 30.0 Å². The number of benzene rings is 2. The van der Waals surface area contributed by atoms with Crippen LogP contribution in [0.1, 0.15) is 46.7 Å². The van der Waals surface area contributed by atoms with Crippen molar-refractivity contribution in [3.8, 4) is 0 Å². The van der Waals surface area contributed by atoms with E-state index in [-0.39, 0.29) is 11.4 Å². The summed E-state index contributed by atoms with van der Waals surface area (Å²) in [6.07, 6.45) is 3.38. The molecular weight excluding hydrogens is 258 g/mol. The van der Waals surface area contributed by atoms with E-state index in [1.165, 1.54) is 17.5 Å². The molecule has 0 aromatic heterocycles. The minimum atomic E-state index is -0.144. The average Bonchev–Trinajstić information content (AvgIpc) is 3.07. The predicted molar refractivity (Wildman–Crippen MR) is 83.2 cm³/mol. The van der Waals surface area contributed by atoms with Gasteiger partial charge in [-0.3, -0.25) is 4.79 Å². The number of hydrogen-bond donors (Lipinski definition) is 0. The number of fused-ring (bicyclic) bond motifs is 2. The Labute approximate surface area is 125 Å². The summed E-state index contributed by atoms with van der Waals surface area (Å²) in [5, 5.41) is 0. The molecule has 0 N–H and O–H groups in total. The minimum Gasteiger partial charge on any atom is -0.331 e. The molecule has 2 aromatic rings. The fourth-order valence-corrected chi connectivity index (χ4v) is 4.43. The third kappa shape index (κ3) is 1.56. The molecule has 2 unspecified atom stereocenters. The summed E-state index contributed by atoms with van der Waals surface area (Å²) in [5.74, 6) is 0.574. The molecule has 1 spiro atoms.